The molecule has 1 N–H and O–H groups in total. The minimum atomic E-state index is -0.391. The highest BCUT2D eigenvalue weighted by atomic mass is 19.1. The lowest BCUT2D eigenvalue weighted by Crippen LogP contribution is -2.51. The van der Waals surface area contributed by atoms with E-state index >= 15 is 0 Å². The molecule has 0 bridgehead atoms. The van der Waals surface area contributed by atoms with Crippen molar-refractivity contribution < 1.29 is 18.7 Å². The van der Waals surface area contributed by atoms with Crippen LogP contribution >= 0.6 is 0 Å². The second-order valence-corrected chi connectivity index (χ2v) is 7.73. The highest BCUT2D eigenvalue weighted by molar-refractivity contribution is 5.92. The Morgan fingerprint density at radius 1 is 1.07 bits per heavy atom. The minimum absolute atomic E-state index is 0.00107. The fraction of sp³-hybridized carbons (Fsp3) is 0.391. The first-order valence-corrected chi connectivity index (χ1v) is 10.2. The fourth-order valence-corrected chi connectivity index (χ4v) is 3.31. The molecule has 1 aliphatic heterocycles. The zero-order valence-electron chi connectivity index (χ0n) is 17.4. The summed E-state index contributed by atoms with van der Waals surface area (Å²) in [5, 5.41) is 2.69. The van der Waals surface area contributed by atoms with Gasteiger partial charge < -0.3 is 15.0 Å². The molecule has 0 radical (unpaired) electrons. The first-order chi connectivity index (χ1) is 14.4. The summed E-state index contributed by atoms with van der Waals surface area (Å²) in [5.74, 6) is 0.478. The van der Waals surface area contributed by atoms with Gasteiger partial charge >= 0.3 is 0 Å². The van der Waals surface area contributed by atoms with E-state index in [9.17, 15) is 14.0 Å². The molecule has 30 heavy (non-hydrogen) atoms. The zero-order valence-corrected chi connectivity index (χ0v) is 17.4. The number of hydrogen-bond acceptors (Lipinski definition) is 4. The summed E-state index contributed by atoms with van der Waals surface area (Å²) in [5.41, 5.74) is 1.67. The van der Waals surface area contributed by atoms with Gasteiger partial charge in [0, 0.05) is 31.9 Å². The number of carbonyl (C=O) groups excluding carboxylic acids is 2. The van der Waals surface area contributed by atoms with E-state index in [4.69, 9.17) is 4.74 Å². The smallest absolute Gasteiger partial charge is 0.260 e. The average Bonchev–Trinajstić information content (AvgIpc) is 2.72. The first-order valence-electron chi connectivity index (χ1n) is 10.2. The van der Waals surface area contributed by atoms with Crippen molar-refractivity contribution in [1.29, 1.82) is 0 Å². The second-order valence-electron chi connectivity index (χ2n) is 7.73. The lowest BCUT2D eigenvalue weighted by molar-refractivity contribution is -0.135. The van der Waals surface area contributed by atoms with Crippen molar-refractivity contribution in [3.05, 3.63) is 59.9 Å². The largest absolute Gasteiger partial charge is 0.484 e. The fourth-order valence-electron chi connectivity index (χ4n) is 3.31. The molecular formula is C23H28FN3O3. The molecule has 2 aromatic carbocycles. The maximum Gasteiger partial charge on any atom is 0.260 e. The number of ether oxygens (including phenoxy) is 1. The summed E-state index contributed by atoms with van der Waals surface area (Å²) in [6, 6.07) is 13.6. The predicted molar refractivity (Wildman–Crippen MR) is 114 cm³/mol. The number of nitrogens with zero attached hydrogens (tertiary/aromatic N) is 2. The molecule has 160 valence electrons. The molecule has 0 spiro atoms. The van der Waals surface area contributed by atoms with E-state index in [1.807, 2.05) is 29.2 Å². The van der Waals surface area contributed by atoms with Crippen LogP contribution in [-0.4, -0.2) is 60.9 Å². The van der Waals surface area contributed by atoms with E-state index in [-0.39, 0.29) is 25.0 Å². The van der Waals surface area contributed by atoms with Gasteiger partial charge in [0.05, 0.1) is 6.54 Å². The lowest BCUT2D eigenvalue weighted by Gasteiger charge is -2.34. The Morgan fingerprint density at radius 3 is 2.40 bits per heavy atom. The van der Waals surface area contributed by atoms with Crippen molar-refractivity contribution in [2.75, 3.05) is 44.6 Å². The van der Waals surface area contributed by atoms with Gasteiger partial charge in [0.2, 0.25) is 5.91 Å². The van der Waals surface area contributed by atoms with Crippen molar-refractivity contribution in [2.24, 2.45) is 0 Å². The van der Waals surface area contributed by atoms with Crippen LogP contribution in [0.15, 0.2) is 48.5 Å². The zero-order chi connectivity index (χ0) is 21.5. The van der Waals surface area contributed by atoms with Gasteiger partial charge in [0.25, 0.3) is 5.91 Å². The summed E-state index contributed by atoms with van der Waals surface area (Å²) in [4.78, 5) is 28.3. The van der Waals surface area contributed by atoms with Gasteiger partial charge in [-0.15, -0.1) is 0 Å². The summed E-state index contributed by atoms with van der Waals surface area (Å²) in [6.07, 6.45) is 0. The Morgan fingerprint density at radius 2 is 1.77 bits per heavy atom. The standard InChI is InChI=1S/C23H28FN3O3/c1-17(2)18-6-8-21(9-7-18)30-16-23(29)27-12-10-26(11-13-27)15-22(28)25-20-5-3-4-19(24)14-20/h3-9,14,17H,10-13,15-16H2,1-2H3,(H,25,28). The maximum absolute atomic E-state index is 13.2. The molecule has 6 nitrogen and oxygen atoms in total. The van der Waals surface area contributed by atoms with Crippen LogP contribution in [0.3, 0.4) is 0 Å². The Kier molecular flexibility index (Phi) is 7.41. The SMILES string of the molecule is CC(C)c1ccc(OCC(=O)N2CCN(CC(=O)Nc3cccc(F)c3)CC2)cc1. The van der Waals surface area contributed by atoms with Crippen molar-refractivity contribution in [3.8, 4) is 5.75 Å². The normalized spacial score (nSPS) is 14.6. The van der Waals surface area contributed by atoms with Crippen molar-refractivity contribution in [1.82, 2.24) is 9.80 Å². The molecule has 2 amide bonds. The predicted octanol–water partition coefficient (Wildman–Crippen LogP) is 3.11. The van der Waals surface area contributed by atoms with E-state index in [2.05, 4.69) is 19.2 Å². The number of halogens is 1. The first kappa shape index (κ1) is 21.8. The van der Waals surface area contributed by atoms with E-state index in [1.165, 1.54) is 17.7 Å². The van der Waals surface area contributed by atoms with Gasteiger partial charge in [-0.05, 0) is 41.8 Å². The van der Waals surface area contributed by atoms with Crippen molar-refractivity contribution in [3.63, 3.8) is 0 Å². The Hall–Kier alpha value is -2.93. The number of amides is 2. The molecule has 1 heterocycles. The quantitative estimate of drug-likeness (QED) is 0.758. The Labute approximate surface area is 176 Å². The van der Waals surface area contributed by atoms with Crippen LogP contribution in [0.4, 0.5) is 10.1 Å². The summed E-state index contributed by atoms with van der Waals surface area (Å²) in [6.45, 7) is 6.76. The molecule has 1 saturated heterocycles. The van der Waals surface area contributed by atoms with Crippen LogP contribution < -0.4 is 10.1 Å². The molecule has 1 fully saturated rings. The number of piperazine rings is 1. The lowest BCUT2D eigenvalue weighted by atomic mass is 10.0. The van der Waals surface area contributed by atoms with Crippen LogP contribution in [-0.2, 0) is 9.59 Å². The molecule has 7 heteroatoms. The topological polar surface area (TPSA) is 61.9 Å². The van der Waals surface area contributed by atoms with E-state index < -0.39 is 5.82 Å². The molecule has 0 atom stereocenters. The van der Waals surface area contributed by atoms with Gasteiger partial charge in [-0.25, -0.2) is 4.39 Å². The number of nitrogens with one attached hydrogen (secondary N) is 1. The van der Waals surface area contributed by atoms with E-state index in [0.717, 1.165) is 0 Å². The number of benzene rings is 2. The summed E-state index contributed by atoms with van der Waals surface area (Å²) < 4.78 is 18.8. The van der Waals surface area contributed by atoms with Crippen LogP contribution in [0.5, 0.6) is 5.75 Å². The van der Waals surface area contributed by atoms with Crippen LogP contribution in [0.2, 0.25) is 0 Å². The van der Waals surface area contributed by atoms with Gasteiger partial charge in [-0.1, -0.05) is 32.0 Å². The van der Waals surface area contributed by atoms with Gasteiger partial charge in [0.1, 0.15) is 11.6 Å². The van der Waals surface area contributed by atoms with Gasteiger partial charge in [-0.3, -0.25) is 14.5 Å². The second kappa shape index (κ2) is 10.2. The van der Waals surface area contributed by atoms with Crippen LogP contribution in [0.1, 0.15) is 25.3 Å². The third-order valence-corrected chi connectivity index (χ3v) is 5.11. The summed E-state index contributed by atoms with van der Waals surface area (Å²) in [7, 11) is 0. The molecule has 0 aromatic heterocycles. The average molecular weight is 413 g/mol. The number of hydrogen-bond donors (Lipinski definition) is 1. The molecule has 3 rings (SSSR count). The third kappa shape index (κ3) is 6.29. The molecular weight excluding hydrogens is 385 g/mol. The molecule has 0 unspecified atom stereocenters. The van der Waals surface area contributed by atoms with Crippen LogP contribution in [0, 0.1) is 5.82 Å². The molecule has 1 aliphatic rings. The highest BCUT2D eigenvalue weighted by Crippen LogP contribution is 2.18. The van der Waals surface area contributed by atoms with Crippen molar-refractivity contribution in [2.45, 2.75) is 19.8 Å². The molecule has 0 saturated carbocycles. The van der Waals surface area contributed by atoms with Gasteiger partial charge in [-0.2, -0.15) is 0 Å². The molecule has 0 aliphatic carbocycles. The number of carbonyl (C=O) groups is 2. The molecule has 2 aromatic rings. The minimum Gasteiger partial charge on any atom is -0.484 e. The Bertz CT molecular complexity index is 862. The van der Waals surface area contributed by atoms with E-state index in [1.54, 1.807) is 17.0 Å². The maximum atomic E-state index is 13.2. The number of anilines is 1. The van der Waals surface area contributed by atoms with E-state index in [0.29, 0.717) is 43.5 Å². The monoisotopic (exact) mass is 413 g/mol. The number of rotatable bonds is 7. The van der Waals surface area contributed by atoms with Crippen LogP contribution in [0.25, 0.3) is 0 Å². The third-order valence-electron chi connectivity index (χ3n) is 5.11. The summed E-state index contributed by atoms with van der Waals surface area (Å²) >= 11 is 0. The van der Waals surface area contributed by atoms with Gasteiger partial charge in [0.15, 0.2) is 6.61 Å². The Balaban J connectivity index is 1.39. The van der Waals surface area contributed by atoms with Crippen molar-refractivity contribution >= 4 is 17.5 Å². The highest BCUT2D eigenvalue weighted by Gasteiger charge is 2.22.